The first-order valence-corrected chi connectivity index (χ1v) is 12.4. The van der Waals surface area contributed by atoms with Crippen molar-refractivity contribution in [3.05, 3.63) is 94.1 Å². The van der Waals surface area contributed by atoms with Crippen molar-refractivity contribution in [3.63, 3.8) is 0 Å². The molecule has 0 amide bonds. The molecule has 1 nitrogen and oxygen atoms in total. The van der Waals surface area contributed by atoms with Gasteiger partial charge in [-0.3, -0.25) is 0 Å². The molecule has 0 bridgehead atoms. The second-order valence-corrected chi connectivity index (χ2v) is 11.0. The van der Waals surface area contributed by atoms with E-state index in [1.165, 1.54) is 13.8 Å². The number of quaternary nitrogens is 1. The molecule has 1 atom stereocenters. The van der Waals surface area contributed by atoms with Crippen LogP contribution in [0, 0.1) is 58.2 Å². The van der Waals surface area contributed by atoms with Gasteiger partial charge >= 0.3 is 0 Å². The van der Waals surface area contributed by atoms with E-state index in [0.29, 0.717) is 24.8 Å². The van der Waals surface area contributed by atoms with E-state index in [-0.39, 0.29) is 13.1 Å². The Kier molecular flexibility index (Phi) is 6.36. The summed E-state index contributed by atoms with van der Waals surface area (Å²) in [6.45, 7) is 2.47. The molecule has 5 rings (SSSR count). The van der Waals surface area contributed by atoms with Crippen molar-refractivity contribution >= 4 is 17.2 Å². The van der Waals surface area contributed by atoms with E-state index in [4.69, 9.17) is 0 Å². The number of rotatable bonds is 3. The van der Waals surface area contributed by atoms with Crippen LogP contribution in [0.4, 0.5) is 43.9 Å². The van der Waals surface area contributed by atoms with Gasteiger partial charge in [-0.15, -0.1) is 0 Å². The van der Waals surface area contributed by atoms with Crippen molar-refractivity contribution in [1.82, 2.24) is 0 Å². The Bertz CT molecular complexity index is 1360. The number of benzene rings is 3. The molecule has 0 unspecified atom stereocenters. The smallest absolute Gasteiger partial charge is 0.287 e. The van der Waals surface area contributed by atoms with Crippen LogP contribution in [0.3, 0.4) is 0 Å². The maximum Gasteiger partial charge on any atom is 0.287 e. The summed E-state index contributed by atoms with van der Waals surface area (Å²) < 4.78 is 149. The van der Waals surface area contributed by atoms with Gasteiger partial charge < -0.3 is 4.39 Å². The molecule has 0 radical (unpaired) electrons. The average Bonchev–Trinajstić information content (AvgIpc) is 2.93. The second kappa shape index (κ2) is 9.01. The summed E-state index contributed by atoms with van der Waals surface area (Å²) in [7, 11) is 0. The Morgan fingerprint density at radius 2 is 0.923 bits per heavy atom. The molecule has 2 aliphatic heterocycles. The van der Waals surface area contributed by atoms with Gasteiger partial charge in [0.1, 0.15) is 23.3 Å². The molecule has 0 aromatic heterocycles. The molecule has 12 heteroatoms. The number of nitrogens with zero attached hydrogens (tertiary/aromatic N) is 1. The molecule has 2 fully saturated rings. The van der Waals surface area contributed by atoms with Crippen molar-refractivity contribution in [2.45, 2.75) is 44.5 Å². The fourth-order valence-electron chi connectivity index (χ4n) is 8.18. The highest BCUT2D eigenvalue weighted by Crippen LogP contribution is 2.69. The van der Waals surface area contributed by atoms with Gasteiger partial charge in [0.15, 0.2) is 34.9 Å². The Balaban J connectivity index is 2.04. The Labute approximate surface area is 217 Å². The van der Waals surface area contributed by atoms with Gasteiger partial charge in [-0.2, -0.15) is 0 Å². The molecule has 2 saturated heterocycles. The summed E-state index contributed by atoms with van der Waals surface area (Å²) >= 11 is 0. The molecule has 3 aromatic rings. The third kappa shape index (κ3) is 3.20. The number of piperidine rings is 1. The molecule has 2 heterocycles. The first kappa shape index (κ1) is 27.5. The minimum Gasteiger partial charge on any atom is -0.503 e. The third-order valence-corrected chi connectivity index (χ3v) is 9.15. The fraction of sp³-hybridized carbons (Fsp3) is 0.333. The summed E-state index contributed by atoms with van der Waals surface area (Å²) in [5.74, 6) is -23.9. The van der Waals surface area contributed by atoms with E-state index in [1.807, 2.05) is 0 Å². The van der Waals surface area contributed by atoms with Crippen LogP contribution in [0.2, 0.25) is 5.31 Å². The molecular formula is C27H22BF10N. The van der Waals surface area contributed by atoms with E-state index >= 15 is 17.6 Å². The van der Waals surface area contributed by atoms with Crippen LogP contribution in [0.25, 0.3) is 0 Å². The lowest BCUT2D eigenvalue weighted by Crippen LogP contribution is -2.96. The lowest BCUT2D eigenvalue weighted by atomic mass is 9.06. The monoisotopic (exact) mass is 561 g/mol. The molecule has 0 aliphatic carbocycles. The zero-order valence-corrected chi connectivity index (χ0v) is 20.8. The number of hydrogen-bond donors (Lipinski definition) is 0. The number of hydrogen-bond acceptors (Lipinski definition) is 0. The number of halogens is 10. The molecular weight excluding hydrogens is 539 g/mol. The van der Waals surface area contributed by atoms with Crippen LogP contribution in [0.1, 0.15) is 44.7 Å². The topological polar surface area (TPSA) is 0 Å². The Morgan fingerprint density at radius 3 is 1.31 bits per heavy atom. The van der Waals surface area contributed by atoms with E-state index in [2.05, 4.69) is 0 Å². The first-order valence-electron chi connectivity index (χ1n) is 12.4. The molecule has 1 spiro atoms. The highest BCUT2D eigenvalue weighted by atomic mass is 19.2. The van der Waals surface area contributed by atoms with E-state index in [9.17, 15) is 26.3 Å². The summed E-state index contributed by atoms with van der Waals surface area (Å²) in [5.41, 5.74) is -2.60. The van der Waals surface area contributed by atoms with E-state index in [1.54, 1.807) is 30.3 Å². The predicted octanol–water partition coefficient (Wildman–Crippen LogP) is 6.67. The van der Waals surface area contributed by atoms with E-state index < -0.39 is 91.1 Å². The van der Waals surface area contributed by atoms with Crippen molar-refractivity contribution in [3.8, 4) is 0 Å². The molecule has 39 heavy (non-hydrogen) atoms. The minimum absolute atomic E-state index is 0.0675. The summed E-state index contributed by atoms with van der Waals surface area (Å²) in [5, 5.41) is -1.78. The van der Waals surface area contributed by atoms with Crippen LogP contribution < -0.4 is 10.9 Å². The third-order valence-electron chi connectivity index (χ3n) is 9.15. The zero-order valence-electron chi connectivity index (χ0n) is 20.8. The van der Waals surface area contributed by atoms with Gasteiger partial charge in [0, 0.05) is 18.7 Å². The standard InChI is InChI=1S/C27H22BF10N/c1-27(2)26(13-9-5-3-6-10-13)39(11-7-4-8-12-39)28(27,14-16(29)20(33)24(37)21(34)17(14)30)15-18(31)22(35)25(38)23(36)19(15)32/h3,5-6,9-10,26H,4,7-8,11-12H2,1-2H3/t26-/m1/s1. The zero-order chi connectivity index (χ0) is 28.7. The SMILES string of the molecule is CC1(C)[C@@H](c2ccccc2)[N+]2(CCCCC2)[B-]1(c1c(F)c(F)c(F)c(F)c1F)c1c(F)c(F)c(F)c(F)c1F. The van der Waals surface area contributed by atoms with E-state index in [0.717, 1.165) is 0 Å². The molecule has 3 aromatic carbocycles. The second-order valence-electron chi connectivity index (χ2n) is 11.0. The summed E-state index contributed by atoms with van der Waals surface area (Å²) in [4.78, 5) is 0. The van der Waals surface area contributed by atoms with Crippen molar-refractivity contribution in [2.75, 3.05) is 13.1 Å². The maximum absolute atomic E-state index is 15.7. The van der Waals surface area contributed by atoms with Crippen molar-refractivity contribution < 1.29 is 48.3 Å². The lowest BCUT2D eigenvalue weighted by molar-refractivity contribution is -0.901. The molecule has 208 valence electrons. The average molecular weight is 561 g/mol. The molecule has 2 aliphatic rings. The minimum atomic E-state index is -3.95. The van der Waals surface area contributed by atoms with Gasteiger partial charge in [-0.05, 0) is 24.6 Å². The van der Waals surface area contributed by atoms with Crippen molar-refractivity contribution in [2.24, 2.45) is 0 Å². The Morgan fingerprint density at radius 1 is 0.564 bits per heavy atom. The van der Waals surface area contributed by atoms with Gasteiger partial charge in [0.05, 0.1) is 6.04 Å². The van der Waals surface area contributed by atoms with Crippen LogP contribution in [0.15, 0.2) is 30.3 Å². The predicted molar refractivity (Wildman–Crippen MR) is 125 cm³/mol. The van der Waals surface area contributed by atoms with Crippen LogP contribution in [0.5, 0.6) is 0 Å². The summed E-state index contributed by atoms with van der Waals surface area (Å²) in [6.07, 6.45) is -2.75. The maximum atomic E-state index is 15.7. The van der Waals surface area contributed by atoms with Crippen LogP contribution in [-0.2, 0) is 0 Å². The van der Waals surface area contributed by atoms with Crippen molar-refractivity contribution in [1.29, 1.82) is 0 Å². The normalized spacial score (nSPS) is 21.2. The fourth-order valence-corrected chi connectivity index (χ4v) is 8.18. The van der Waals surface area contributed by atoms with Gasteiger partial charge in [0.25, 0.3) is 6.28 Å². The lowest BCUT2D eigenvalue weighted by Gasteiger charge is -2.83. The van der Waals surface area contributed by atoms with Gasteiger partial charge in [-0.25, -0.2) is 43.9 Å². The van der Waals surface area contributed by atoms with Gasteiger partial charge in [0.2, 0.25) is 0 Å². The quantitative estimate of drug-likeness (QED) is 0.145. The Hall–Kier alpha value is -3.02. The van der Waals surface area contributed by atoms with Crippen LogP contribution >= 0.6 is 0 Å². The highest BCUT2D eigenvalue weighted by Gasteiger charge is 2.77. The summed E-state index contributed by atoms with van der Waals surface area (Å²) in [6, 6.07) is 7.37. The van der Waals surface area contributed by atoms with Crippen LogP contribution in [-0.4, -0.2) is 23.8 Å². The molecule has 0 saturated carbocycles. The largest absolute Gasteiger partial charge is 0.503 e. The highest BCUT2D eigenvalue weighted by molar-refractivity contribution is 7.01. The molecule has 0 N–H and O–H groups in total. The van der Waals surface area contributed by atoms with Gasteiger partial charge in [-0.1, -0.05) is 55.1 Å². The first-order chi connectivity index (χ1) is 18.3.